The molecule has 0 amide bonds. The summed E-state index contributed by atoms with van der Waals surface area (Å²) in [4.78, 5) is 4.36. The molecule has 2 N–H and O–H groups in total. The van der Waals surface area contributed by atoms with E-state index in [0.717, 1.165) is 16.4 Å². The van der Waals surface area contributed by atoms with Crippen molar-refractivity contribution in [2.24, 2.45) is 12.8 Å². The smallest absolute Gasteiger partial charge is 0.107 e. The summed E-state index contributed by atoms with van der Waals surface area (Å²) in [6.45, 7) is 0.502. The van der Waals surface area contributed by atoms with Crippen molar-refractivity contribution >= 4 is 11.3 Å². The zero-order chi connectivity index (χ0) is 9.26. The molecular weight excluding hydrogens is 184 g/mol. The summed E-state index contributed by atoms with van der Waals surface area (Å²) in [7, 11) is 1.90. The van der Waals surface area contributed by atoms with E-state index < -0.39 is 0 Å². The molecule has 2 aromatic rings. The lowest BCUT2D eigenvalue weighted by molar-refractivity contribution is 0.773. The van der Waals surface area contributed by atoms with Crippen LogP contribution in [0.25, 0.3) is 11.4 Å². The van der Waals surface area contributed by atoms with Gasteiger partial charge in [-0.05, 0) is 6.07 Å². The van der Waals surface area contributed by atoms with Crippen LogP contribution in [0.2, 0.25) is 0 Å². The van der Waals surface area contributed by atoms with E-state index in [2.05, 4.69) is 10.1 Å². The third kappa shape index (κ3) is 1.48. The molecule has 2 heterocycles. The third-order valence-electron chi connectivity index (χ3n) is 1.81. The Morgan fingerprint density at radius 3 is 3.00 bits per heavy atom. The average Bonchev–Trinajstić information content (AvgIpc) is 2.71. The second-order valence-corrected chi connectivity index (χ2v) is 3.61. The fourth-order valence-electron chi connectivity index (χ4n) is 1.15. The number of aromatic nitrogens is 3. The first-order valence-electron chi connectivity index (χ1n) is 3.94. The van der Waals surface area contributed by atoms with Crippen LogP contribution in [0.3, 0.4) is 0 Å². The molecular formula is C8H10N4S. The minimum absolute atomic E-state index is 0.502. The molecule has 0 atom stereocenters. The lowest BCUT2D eigenvalue weighted by Crippen LogP contribution is -1.96. The van der Waals surface area contributed by atoms with Gasteiger partial charge in [0.2, 0.25) is 0 Å². The summed E-state index contributed by atoms with van der Waals surface area (Å²) < 4.78 is 1.80. The van der Waals surface area contributed by atoms with Crippen molar-refractivity contribution in [1.82, 2.24) is 14.8 Å². The molecule has 0 aliphatic carbocycles. The predicted octanol–water partition coefficient (Wildman–Crippen LogP) is 1.00. The third-order valence-corrected chi connectivity index (χ3v) is 2.68. The van der Waals surface area contributed by atoms with Crippen molar-refractivity contribution < 1.29 is 0 Å². The molecule has 0 aromatic carbocycles. The highest BCUT2D eigenvalue weighted by Gasteiger charge is 2.06. The van der Waals surface area contributed by atoms with E-state index in [4.69, 9.17) is 5.73 Å². The number of aryl methyl sites for hydroxylation is 1. The summed E-state index contributed by atoms with van der Waals surface area (Å²) in [5, 5.41) is 7.03. The van der Waals surface area contributed by atoms with Crippen molar-refractivity contribution in [3.05, 3.63) is 22.7 Å². The summed E-state index contributed by atoms with van der Waals surface area (Å²) in [5.74, 6) is 0. The normalized spacial score (nSPS) is 10.6. The van der Waals surface area contributed by atoms with Gasteiger partial charge in [-0.25, -0.2) is 4.98 Å². The predicted molar refractivity (Wildman–Crippen MR) is 52.2 cm³/mol. The minimum Gasteiger partial charge on any atom is -0.325 e. The molecule has 0 fully saturated rings. The van der Waals surface area contributed by atoms with Crippen LogP contribution in [0.1, 0.15) is 5.01 Å². The summed E-state index contributed by atoms with van der Waals surface area (Å²) in [5.41, 5.74) is 7.45. The van der Waals surface area contributed by atoms with Crippen molar-refractivity contribution in [3.8, 4) is 11.4 Å². The lowest BCUT2D eigenvalue weighted by Gasteiger charge is -1.95. The van der Waals surface area contributed by atoms with Gasteiger partial charge in [0.1, 0.15) is 5.01 Å². The molecule has 0 aliphatic heterocycles. The molecule has 2 aromatic heterocycles. The molecule has 0 saturated carbocycles. The van der Waals surface area contributed by atoms with Crippen LogP contribution in [0.4, 0.5) is 0 Å². The van der Waals surface area contributed by atoms with Gasteiger partial charge >= 0.3 is 0 Å². The van der Waals surface area contributed by atoms with Crippen molar-refractivity contribution in [3.63, 3.8) is 0 Å². The topological polar surface area (TPSA) is 56.7 Å². The maximum atomic E-state index is 5.48. The molecule has 0 saturated heterocycles. The Balaban J connectivity index is 2.41. The minimum atomic E-state index is 0.502. The van der Waals surface area contributed by atoms with E-state index in [1.54, 1.807) is 22.2 Å². The summed E-state index contributed by atoms with van der Waals surface area (Å²) in [6.07, 6.45) is 1.76. The van der Waals surface area contributed by atoms with Crippen LogP contribution >= 0.6 is 11.3 Å². The molecule has 2 rings (SSSR count). The maximum absolute atomic E-state index is 5.48. The number of rotatable bonds is 2. The maximum Gasteiger partial charge on any atom is 0.107 e. The van der Waals surface area contributed by atoms with Crippen LogP contribution < -0.4 is 5.73 Å². The number of nitrogens with two attached hydrogens (primary N) is 1. The zero-order valence-electron chi connectivity index (χ0n) is 7.27. The van der Waals surface area contributed by atoms with Crippen molar-refractivity contribution in [1.29, 1.82) is 0 Å². The van der Waals surface area contributed by atoms with E-state index >= 15 is 0 Å². The summed E-state index contributed by atoms with van der Waals surface area (Å²) in [6, 6.07) is 1.94. The van der Waals surface area contributed by atoms with Gasteiger partial charge in [0.25, 0.3) is 0 Å². The molecule has 0 bridgehead atoms. The fourth-order valence-corrected chi connectivity index (χ4v) is 1.82. The van der Waals surface area contributed by atoms with Crippen LogP contribution in [-0.2, 0) is 13.6 Å². The van der Waals surface area contributed by atoms with Gasteiger partial charge in [-0.15, -0.1) is 11.3 Å². The average molecular weight is 194 g/mol. The van der Waals surface area contributed by atoms with Gasteiger partial charge in [-0.1, -0.05) is 0 Å². The van der Waals surface area contributed by atoms with E-state index in [1.165, 1.54) is 0 Å². The van der Waals surface area contributed by atoms with Gasteiger partial charge in [-0.3, -0.25) is 4.68 Å². The van der Waals surface area contributed by atoms with Crippen LogP contribution in [0, 0.1) is 0 Å². The number of thiazole rings is 1. The quantitative estimate of drug-likeness (QED) is 0.776. The first-order valence-corrected chi connectivity index (χ1v) is 4.82. The Hall–Kier alpha value is -1.20. The Bertz CT molecular complexity index is 404. The standard InChI is InChI=1S/C8H10N4S/c1-12-7(2-3-10-12)6-5-13-8(4-9)11-6/h2-3,5H,4,9H2,1H3. The highest BCUT2D eigenvalue weighted by atomic mass is 32.1. The highest BCUT2D eigenvalue weighted by Crippen LogP contribution is 2.20. The molecule has 4 nitrogen and oxygen atoms in total. The Morgan fingerprint density at radius 2 is 2.46 bits per heavy atom. The van der Waals surface area contributed by atoms with E-state index in [1.807, 2.05) is 18.5 Å². The SMILES string of the molecule is Cn1nccc1-c1csc(CN)n1. The van der Waals surface area contributed by atoms with Crippen LogP contribution in [0.5, 0.6) is 0 Å². The first-order chi connectivity index (χ1) is 6.31. The second kappa shape index (κ2) is 3.27. The van der Waals surface area contributed by atoms with Crippen LogP contribution in [0.15, 0.2) is 17.6 Å². The Labute approximate surface area is 80.0 Å². The molecule has 0 unspecified atom stereocenters. The van der Waals surface area contributed by atoms with Crippen molar-refractivity contribution in [2.75, 3.05) is 0 Å². The van der Waals surface area contributed by atoms with Gasteiger partial charge in [-0.2, -0.15) is 5.10 Å². The monoisotopic (exact) mass is 194 g/mol. The molecule has 0 spiro atoms. The lowest BCUT2D eigenvalue weighted by atomic mass is 10.3. The number of nitrogens with zero attached hydrogens (tertiary/aromatic N) is 3. The second-order valence-electron chi connectivity index (χ2n) is 2.67. The van der Waals surface area contributed by atoms with Gasteiger partial charge < -0.3 is 5.73 Å². The van der Waals surface area contributed by atoms with Crippen LogP contribution in [-0.4, -0.2) is 14.8 Å². The molecule has 13 heavy (non-hydrogen) atoms. The van der Waals surface area contributed by atoms with E-state index in [-0.39, 0.29) is 0 Å². The van der Waals surface area contributed by atoms with E-state index in [9.17, 15) is 0 Å². The Kier molecular flexibility index (Phi) is 2.12. The Morgan fingerprint density at radius 1 is 1.62 bits per heavy atom. The highest BCUT2D eigenvalue weighted by molar-refractivity contribution is 7.09. The zero-order valence-corrected chi connectivity index (χ0v) is 8.08. The molecule has 0 aliphatic rings. The molecule has 0 radical (unpaired) electrons. The van der Waals surface area contributed by atoms with Gasteiger partial charge in [0, 0.05) is 25.2 Å². The summed E-state index contributed by atoms with van der Waals surface area (Å²) >= 11 is 1.58. The van der Waals surface area contributed by atoms with E-state index in [0.29, 0.717) is 6.54 Å². The first kappa shape index (κ1) is 8.40. The number of hydrogen-bond acceptors (Lipinski definition) is 4. The van der Waals surface area contributed by atoms with Crippen molar-refractivity contribution in [2.45, 2.75) is 6.54 Å². The van der Waals surface area contributed by atoms with Gasteiger partial charge in [0.05, 0.1) is 11.4 Å². The fraction of sp³-hybridized carbons (Fsp3) is 0.250. The number of hydrogen-bond donors (Lipinski definition) is 1. The largest absolute Gasteiger partial charge is 0.325 e. The van der Waals surface area contributed by atoms with Gasteiger partial charge in [0.15, 0.2) is 0 Å². The molecule has 68 valence electrons. The molecule has 5 heteroatoms.